The third-order valence-corrected chi connectivity index (χ3v) is 4.48. The summed E-state index contributed by atoms with van der Waals surface area (Å²) in [6, 6.07) is 7.51. The van der Waals surface area contributed by atoms with Crippen molar-refractivity contribution in [3.05, 3.63) is 73.2 Å². The Kier molecular flexibility index (Phi) is 3.72. The van der Waals surface area contributed by atoms with Crippen LogP contribution in [0.5, 0.6) is 5.75 Å². The molecule has 0 saturated heterocycles. The van der Waals surface area contributed by atoms with Crippen molar-refractivity contribution in [2.24, 2.45) is 0 Å². The van der Waals surface area contributed by atoms with E-state index in [1.165, 1.54) is 22.8 Å². The normalized spacial score (nSPS) is 15.7. The Labute approximate surface area is 143 Å². The number of pyridine rings is 1. The van der Waals surface area contributed by atoms with E-state index in [4.69, 9.17) is 16.3 Å². The highest BCUT2D eigenvalue weighted by Crippen LogP contribution is 2.42. The van der Waals surface area contributed by atoms with Crippen molar-refractivity contribution in [1.29, 1.82) is 0 Å². The monoisotopic (exact) mass is 346 g/mol. The summed E-state index contributed by atoms with van der Waals surface area (Å²) < 4.78 is 7.37. The Morgan fingerprint density at radius 1 is 1.29 bits per heavy atom. The number of nitrogens with zero attached hydrogens (tertiary/aromatic N) is 2. The zero-order chi connectivity index (χ0) is 17.6. The minimum atomic E-state index is -0.666. The summed E-state index contributed by atoms with van der Waals surface area (Å²) in [5.41, 5.74) is 0.698. The Morgan fingerprint density at radius 3 is 2.67 bits per heavy atom. The van der Waals surface area contributed by atoms with Gasteiger partial charge in [-0.25, -0.2) is 0 Å². The number of hydrogen-bond acceptors (Lipinski definition) is 4. The standard InChI is InChI=1S/C17H15ClN2O4/c1-10-15(19-8-4-5-13(18)16(19)21)12-9-11(20(22)23)6-7-14(12)24-17(10,2)3/h4-9H,1-3H3. The summed E-state index contributed by atoms with van der Waals surface area (Å²) in [7, 11) is 0. The number of benzene rings is 1. The van der Waals surface area contributed by atoms with Gasteiger partial charge in [0.05, 0.1) is 10.6 Å². The van der Waals surface area contributed by atoms with Gasteiger partial charge in [-0.1, -0.05) is 11.6 Å². The zero-order valence-corrected chi connectivity index (χ0v) is 14.1. The maximum Gasteiger partial charge on any atom is 0.273 e. The Morgan fingerprint density at radius 2 is 2.00 bits per heavy atom. The second-order valence-electron chi connectivity index (χ2n) is 6.05. The molecule has 0 saturated carbocycles. The van der Waals surface area contributed by atoms with Crippen molar-refractivity contribution in [2.45, 2.75) is 26.4 Å². The predicted octanol–water partition coefficient (Wildman–Crippen LogP) is 3.86. The molecular formula is C17H15ClN2O4. The van der Waals surface area contributed by atoms with Gasteiger partial charge in [-0.15, -0.1) is 0 Å². The first kappa shape index (κ1) is 16.3. The minimum Gasteiger partial charge on any atom is -0.483 e. The molecule has 0 bridgehead atoms. The fourth-order valence-corrected chi connectivity index (χ4v) is 2.86. The maximum absolute atomic E-state index is 12.5. The number of hydrogen-bond donors (Lipinski definition) is 0. The molecule has 1 aromatic heterocycles. The summed E-state index contributed by atoms with van der Waals surface area (Å²) in [6.45, 7) is 5.59. The molecular weight excluding hydrogens is 332 g/mol. The van der Waals surface area contributed by atoms with E-state index in [0.29, 0.717) is 17.0 Å². The quantitative estimate of drug-likeness (QED) is 0.611. The molecule has 0 aliphatic carbocycles. The molecule has 124 valence electrons. The summed E-state index contributed by atoms with van der Waals surface area (Å²) in [6.07, 6.45) is 1.59. The molecule has 1 aromatic carbocycles. The van der Waals surface area contributed by atoms with Crippen LogP contribution >= 0.6 is 11.6 Å². The SMILES string of the molecule is CC1=C(n2cccc(Cl)c2=O)c2cc([N+](=O)[O-])ccc2OC1(C)C. The molecule has 6 nitrogen and oxygen atoms in total. The van der Waals surface area contributed by atoms with Crippen LogP contribution in [0.25, 0.3) is 5.70 Å². The van der Waals surface area contributed by atoms with E-state index in [-0.39, 0.29) is 16.3 Å². The molecule has 0 N–H and O–H groups in total. The summed E-state index contributed by atoms with van der Waals surface area (Å²) in [5, 5.41) is 11.2. The smallest absolute Gasteiger partial charge is 0.273 e. The molecule has 2 aromatic rings. The van der Waals surface area contributed by atoms with Crippen molar-refractivity contribution < 1.29 is 9.66 Å². The van der Waals surface area contributed by atoms with Crippen molar-refractivity contribution >= 4 is 23.0 Å². The molecule has 24 heavy (non-hydrogen) atoms. The van der Waals surface area contributed by atoms with Gasteiger partial charge < -0.3 is 4.74 Å². The van der Waals surface area contributed by atoms with Crippen LogP contribution in [0.1, 0.15) is 26.3 Å². The predicted molar refractivity (Wildman–Crippen MR) is 91.5 cm³/mol. The van der Waals surface area contributed by atoms with Gasteiger partial charge in [0.25, 0.3) is 11.2 Å². The fourth-order valence-electron chi connectivity index (χ4n) is 2.70. The lowest BCUT2D eigenvalue weighted by atomic mass is 9.90. The average Bonchev–Trinajstić information content (AvgIpc) is 2.51. The van der Waals surface area contributed by atoms with Gasteiger partial charge in [0.15, 0.2) is 0 Å². The molecule has 0 unspecified atom stereocenters. The molecule has 0 atom stereocenters. The number of nitro benzene ring substituents is 1. The van der Waals surface area contributed by atoms with Crippen LogP contribution in [-0.4, -0.2) is 15.1 Å². The Bertz CT molecular complexity index is 944. The highest BCUT2D eigenvalue weighted by atomic mass is 35.5. The van der Waals surface area contributed by atoms with Crippen molar-refractivity contribution in [2.75, 3.05) is 0 Å². The van der Waals surface area contributed by atoms with Crippen LogP contribution in [0.15, 0.2) is 46.9 Å². The van der Waals surface area contributed by atoms with Crippen molar-refractivity contribution in [3.8, 4) is 5.75 Å². The lowest BCUT2D eigenvalue weighted by Gasteiger charge is -2.35. The van der Waals surface area contributed by atoms with Crippen LogP contribution in [0.2, 0.25) is 5.02 Å². The van der Waals surface area contributed by atoms with E-state index in [1.807, 2.05) is 20.8 Å². The topological polar surface area (TPSA) is 74.4 Å². The molecule has 0 radical (unpaired) electrons. The van der Waals surface area contributed by atoms with Gasteiger partial charge in [0.1, 0.15) is 16.4 Å². The zero-order valence-electron chi connectivity index (χ0n) is 13.4. The van der Waals surface area contributed by atoms with E-state index in [2.05, 4.69) is 0 Å². The van der Waals surface area contributed by atoms with Gasteiger partial charge in [0.2, 0.25) is 0 Å². The number of non-ortho nitro benzene ring substituents is 1. The van der Waals surface area contributed by atoms with E-state index in [1.54, 1.807) is 18.3 Å². The van der Waals surface area contributed by atoms with E-state index >= 15 is 0 Å². The van der Waals surface area contributed by atoms with Crippen LogP contribution < -0.4 is 10.3 Å². The molecule has 0 fully saturated rings. The van der Waals surface area contributed by atoms with E-state index < -0.39 is 10.5 Å². The molecule has 0 spiro atoms. The van der Waals surface area contributed by atoms with Crippen LogP contribution in [0, 0.1) is 10.1 Å². The number of ether oxygens (including phenoxy) is 1. The first-order chi connectivity index (χ1) is 11.2. The first-order valence-electron chi connectivity index (χ1n) is 7.29. The van der Waals surface area contributed by atoms with Gasteiger partial charge in [0, 0.05) is 23.9 Å². The lowest BCUT2D eigenvalue weighted by molar-refractivity contribution is -0.384. The third-order valence-electron chi connectivity index (χ3n) is 4.19. The molecule has 7 heteroatoms. The lowest BCUT2D eigenvalue weighted by Crippen LogP contribution is -2.36. The molecule has 2 heterocycles. The van der Waals surface area contributed by atoms with Gasteiger partial charge in [-0.3, -0.25) is 19.5 Å². The van der Waals surface area contributed by atoms with Gasteiger partial charge >= 0.3 is 0 Å². The fraction of sp³-hybridized carbons (Fsp3) is 0.235. The average molecular weight is 347 g/mol. The highest BCUT2D eigenvalue weighted by Gasteiger charge is 2.34. The van der Waals surface area contributed by atoms with E-state index in [9.17, 15) is 14.9 Å². The van der Waals surface area contributed by atoms with Crippen LogP contribution in [0.4, 0.5) is 5.69 Å². The maximum atomic E-state index is 12.5. The van der Waals surface area contributed by atoms with Crippen molar-refractivity contribution in [1.82, 2.24) is 4.57 Å². The second kappa shape index (κ2) is 5.49. The number of nitro groups is 1. The number of rotatable bonds is 2. The Balaban J connectivity index is 2.37. The van der Waals surface area contributed by atoms with Crippen molar-refractivity contribution in [3.63, 3.8) is 0 Å². The number of fused-ring (bicyclic) bond motifs is 1. The largest absolute Gasteiger partial charge is 0.483 e. The van der Waals surface area contributed by atoms with Crippen LogP contribution in [-0.2, 0) is 0 Å². The molecule has 1 aliphatic heterocycles. The highest BCUT2D eigenvalue weighted by molar-refractivity contribution is 6.30. The second-order valence-corrected chi connectivity index (χ2v) is 6.46. The van der Waals surface area contributed by atoms with E-state index in [0.717, 1.165) is 5.57 Å². The van der Waals surface area contributed by atoms with Gasteiger partial charge in [-0.05, 0) is 44.5 Å². The van der Waals surface area contributed by atoms with Crippen LogP contribution in [0.3, 0.4) is 0 Å². The minimum absolute atomic E-state index is 0.0718. The molecule has 1 aliphatic rings. The van der Waals surface area contributed by atoms with Gasteiger partial charge in [-0.2, -0.15) is 0 Å². The number of halogens is 1. The summed E-state index contributed by atoms with van der Waals surface area (Å²) >= 11 is 5.97. The molecule has 3 rings (SSSR count). The Hall–Kier alpha value is -2.60. The summed E-state index contributed by atoms with van der Waals surface area (Å²) in [4.78, 5) is 23.1. The first-order valence-corrected chi connectivity index (χ1v) is 7.67. The number of aromatic nitrogens is 1. The third kappa shape index (κ3) is 2.49. The summed E-state index contributed by atoms with van der Waals surface area (Å²) in [5.74, 6) is 0.484. The molecule has 0 amide bonds.